The fourth-order valence-electron chi connectivity index (χ4n) is 2.73. The Bertz CT molecular complexity index is 405. The van der Waals surface area contributed by atoms with E-state index in [0.29, 0.717) is 15.8 Å². The largest absolute Gasteiger partial charge is 0.492 e. The molecule has 2 nitrogen and oxygen atoms in total. The molecule has 0 bridgehead atoms. The van der Waals surface area contributed by atoms with Crippen LogP contribution in [0.4, 0.5) is 0 Å². The molecule has 112 valence electrons. The van der Waals surface area contributed by atoms with Crippen LogP contribution >= 0.6 is 23.2 Å². The Balaban J connectivity index is 1.56. The summed E-state index contributed by atoms with van der Waals surface area (Å²) in [6, 6.07) is 5.51. The molecule has 0 radical (unpaired) electrons. The van der Waals surface area contributed by atoms with Crippen LogP contribution in [0.1, 0.15) is 38.5 Å². The highest BCUT2D eigenvalue weighted by atomic mass is 35.5. The van der Waals surface area contributed by atoms with E-state index < -0.39 is 0 Å². The Morgan fingerprint density at radius 1 is 1.00 bits per heavy atom. The van der Waals surface area contributed by atoms with Crippen molar-refractivity contribution in [2.24, 2.45) is 0 Å². The normalized spacial score (nSPS) is 16.3. The number of rotatable bonds is 7. The SMILES string of the molecule is Clc1cccc(OCCCCC[NH+]2CCCCC2)c1Cl. The number of hydrogen-bond donors (Lipinski definition) is 1. The fraction of sp³-hybridized carbons (Fsp3) is 0.625. The number of halogens is 2. The van der Waals surface area contributed by atoms with Gasteiger partial charge in [0, 0.05) is 0 Å². The highest BCUT2D eigenvalue weighted by Gasteiger charge is 2.12. The van der Waals surface area contributed by atoms with Gasteiger partial charge in [-0.1, -0.05) is 29.3 Å². The molecule has 0 aliphatic carbocycles. The van der Waals surface area contributed by atoms with Gasteiger partial charge in [0.2, 0.25) is 0 Å². The minimum atomic E-state index is 0.520. The Morgan fingerprint density at radius 2 is 1.80 bits per heavy atom. The molecule has 0 saturated carbocycles. The third kappa shape index (κ3) is 5.16. The number of likely N-dealkylation sites (tertiary alicyclic amines) is 1. The summed E-state index contributed by atoms with van der Waals surface area (Å²) in [6.07, 6.45) is 7.84. The summed E-state index contributed by atoms with van der Waals surface area (Å²) in [5, 5.41) is 1.07. The summed E-state index contributed by atoms with van der Waals surface area (Å²) >= 11 is 12.0. The first-order valence-corrected chi connectivity index (χ1v) is 8.43. The molecule has 0 atom stereocenters. The van der Waals surface area contributed by atoms with Crippen LogP contribution in [-0.4, -0.2) is 26.2 Å². The molecular weight excluding hydrogens is 293 g/mol. The minimum Gasteiger partial charge on any atom is -0.492 e. The summed E-state index contributed by atoms with van der Waals surface area (Å²) in [5.74, 6) is 0.695. The van der Waals surface area contributed by atoms with Crippen LogP contribution in [0.3, 0.4) is 0 Å². The van der Waals surface area contributed by atoms with Gasteiger partial charge in [-0.25, -0.2) is 0 Å². The number of ether oxygens (including phenoxy) is 1. The Labute approximate surface area is 132 Å². The lowest BCUT2D eigenvalue weighted by atomic mass is 10.1. The number of nitrogens with one attached hydrogen (secondary N) is 1. The zero-order valence-corrected chi connectivity index (χ0v) is 13.5. The second kappa shape index (κ2) is 8.76. The van der Waals surface area contributed by atoms with E-state index in [0.717, 1.165) is 13.0 Å². The van der Waals surface area contributed by atoms with Crippen molar-refractivity contribution in [2.45, 2.75) is 38.5 Å². The molecule has 0 unspecified atom stereocenters. The van der Waals surface area contributed by atoms with Crippen LogP contribution in [0.15, 0.2) is 18.2 Å². The number of benzene rings is 1. The minimum absolute atomic E-state index is 0.520. The van der Waals surface area contributed by atoms with Crippen molar-refractivity contribution in [3.05, 3.63) is 28.2 Å². The van der Waals surface area contributed by atoms with E-state index in [4.69, 9.17) is 27.9 Å². The van der Waals surface area contributed by atoms with Crippen LogP contribution < -0.4 is 9.64 Å². The first-order chi connectivity index (χ1) is 9.77. The van der Waals surface area contributed by atoms with Gasteiger partial charge in [-0.15, -0.1) is 0 Å². The van der Waals surface area contributed by atoms with Gasteiger partial charge < -0.3 is 9.64 Å². The molecule has 1 heterocycles. The van der Waals surface area contributed by atoms with Crippen LogP contribution in [0.2, 0.25) is 10.0 Å². The highest BCUT2D eigenvalue weighted by molar-refractivity contribution is 6.42. The number of unbranched alkanes of at least 4 members (excludes halogenated alkanes) is 2. The first kappa shape index (κ1) is 15.9. The number of hydrogen-bond acceptors (Lipinski definition) is 1. The van der Waals surface area contributed by atoms with Gasteiger partial charge >= 0.3 is 0 Å². The molecule has 1 fully saturated rings. The number of piperidine rings is 1. The van der Waals surface area contributed by atoms with Gasteiger partial charge in [-0.3, -0.25) is 0 Å². The summed E-state index contributed by atoms with van der Waals surface area (Å²) in [5.41, 5.74) is 0. The Kier molecular flexibility index (Phi) is 6.98. The van der Waals surface area contributed by atoms with Gasteiger partial charge in [-0.05, 0) is 50.7 Å². The van der Waals surface area contributed by atoms with E-state index in [1.54, 1.807) is 11.0 Å². The van der Waals surface area contributed by atoms with Crippen molar-refractivity contribution in [2.75, 3.05) is 26.2 Å². The molecule has 0 spiro atoms. The summed E-state index contributed by atoms with van der Waals surface area (Å²) in [6.45, 7) is 4.77. The number of quaternary nitrogens is 1. The van der Waals surface area contributed by atoms with E-state index in [2.05, 4.69) is 0 Å². The van der Waals surface area contributed by atoms with E-state index in [9.17, 15) is 0 Å². The van der Waals surface area contributed by atoms with Crippen LogP contribution in [0, 0.1) is 0 Å². The van der Waals surface area contributed by atoms with Gasteiger partial charge in [-0.2, -0.15) is 0 Å². The lowest BCUT2D eigenvalue weighted by Crippen LogP contribution is -3.12. The first-order valence-electron chi connectivity index (χ1n) is 7.68. The smallest absolute Gasteiger partial charge is 0.139 e. The second-order valence-electron chi connectivity index (χ2n) is 5.52. The molecule has 2 rings (SSSR count). The van der Waals surface area contributed by atoms with Crippen molar-refractivity contribution in [3.63, 3.8) is 0 Å². The fourth-order valence-corrected chi connectivity index (χ4v) is 3.08. The Hall–Kier alpha value is -0.440. The zero-order chi connectivity index (χ0) is 14.2. The van der Waals surface area contributed by atoms with E-state index in [1.165, 1.54) is 51.7 Å². The molecular formula is C16H24Cl2NO+. The van der Waals surface area contributed by atoms with Crippen LogP contribution in [-0.2, 0) is 0 Å². The lowest BCUT2D eigenvalue weighted by molar-refractivity contribution is -0.905. The van der Waals surface area contributed by atoms with E-state index in [-0.39, 0.29) is 0 Å². The molecule has 1 aromatic rings. The van der Waals surface area contributed by atoms with E-state index in [1.807, 2.05) is 12.1 Å². The maximum Gasteiger partial charge on any atom is 0.139 e. The molecule has 1 N–H and O–H groups in total. The third-order valence-electron chi connectivity index (χ3n) is 3.91. The second-order valence-corrected chi connectivity index (χ2v) is 6.31. The Morgan fingerprint density at radius 3 is 2.60 bits per heavy atom. The topological polar surface area (TPSA) is 13.7 Å². The lowest BCUT2D eigenvalue weighted by Gasteiger charge is -2.23. The standard InChI is InChI=1S/C16H23Cl2NO/c17-14-8-7-9-15(16(14)18)20-13-6-2-5-12-19-10-3-1-4-11-19/h7-9H,1-6,10-13H2/p+1. The summed E-state index contributed by atoms with van der Waals surface area (Å²) < 4.78 is 5.69. The molecule has 1 aliphatic heterocycles. The molecule has 4 heteroatoms. The van der Waals surface area contributed by atoms with Crippen molar-refractivity contribution >= 4 is 23.2 Å². The quantitative estimate of drug-likeness (QED) is 0.759. The predicted octanol–water partition coefficient (Wildman–Crippen LogP) is 3.61. The van der Waals surface area contributed by atoms with Gasteiger partial charge in [0.15, 0.2) is 0 Å². The van der Waals surface area contributed by atoms with Crippen molar-refractivity contribution in [1.29, 1.82) is 0 Å². The maximum absolute atomic E-state index is 6.07. The van der Waals surface area contributed by atoms with Gasteiger partial charge in [0.05, 0.1) is 31.3 Å². The molecule has 1 aromatic carbocycles. The van der Waals surface area contributed by atoms with Crippen molar-refractivity contribution < 1.29 is 9.64 Å². The molecule has 1 saturated heterocycles. The molecule has 0 amide bonds. The van der Waals surface area contributed by atoms with Crippen LogP contribution in [0.25, 0.3) is 0 Å². The molecule has 1 aliphatic rings. The summed E-state index contributed by atoms with van der Waals surface area (Å²) in [4.78, 5) is 1.79. The summed E-state index contributed by atoms with van der Waals surface area (Å²) in [7, 11) is 0. The average molecular weight is 317 g/mol. The molecule has 20 heavy (non-hydrogen) atoms. The predicted molar refractivity (Wildman–Crippen MR) is 85.2 cm³/mol. The zero-order valence-electron chi connectivity index (χ0n) is 12.0. The van der Waals surface area contributed by atoms with Crippen molar-refractivity contribution in [1.82, 2.24) is 0 Å². The maximum atomic E-state index is 6.07. The highest BCUT2D eigenvalue weighted by Crippen LogP contribution is 2.31. The monoisotopic (exact) mass is 316 g/mol. The van der Waals surface area contributed by atoms with Crippen molar-refractivity contribution in [3.8, 4) is 5.75 Å². The van der Waals surface area contributed by atoms with E-state index >= 15 is 0 Å². The van der Waals surface area contributed by atoms with Gasteiger partial charge in [0.1, 0.15) is 10.8 Å². The van der Waals surface area contributed by atoms with Gasteiger partial charge in [0.25, 0.3) is 0 Å². The third-order valence-corrected chi connectivity index (χ3v) is 4.71. The van der Waals surface area contributed by atoms with Crippen LogP contribution in [0.5, 0.6) is 5.75 Å². The average Bonchev–Trinajstić information content (AvgIpc) is 2.48. The molecule has 0 aromatic heterocycles.